The minimum Gasteiger partial charge on any atom is -0.504 e. The zero-order valence-electron chi connectivity index (χ0n) is 13.2. The van der Waals surface area contributed by atoms with Crippen molar-refractivity contribution in [2.24, 2.45) is 0 Å². The van der Waals surface area contributed by atoms with Gasteiger partial charge in [0.25, 0.3) is 0 Å². The first-order valence-electron chi connectivity index (χ1n) is 7.23. The molecule has 0 heterocycles. The first-order valence-corrected chi connectivity index (χ1v) is 7.23. The number of rotatable bonds is 5. The molecule has 0 saturated carbocycles. The summed E-state index contributed by atoms with van der Waals surface area (Å²) in [6.45, 7) is 1.63. The predicted molar refractivity (Wildman–Crippen MR) is 86.8 cm³/mol. The summed E-state index contributed by atoms with van der Waals surface area (Å²) in [5.74, 6) is -3.50. The number of aromatic carboxylic acids is 1. The van der Waals surface area contributed by atoms with Crippen molar-refractivity contribution in [2.45, 2.75) is 6.92 Å². The molecule has 0 saturated heterocycles. The second kappa shape index (κ2) is 7.82. The Labute approximate surface area is 142 Å². The number of esters is 1. The van der Waals surface area contributed by atoms with Gasteiger partial charge in [0.15, 0.2) is 11.5 Å². The van der Waals surface area contributed by atoms with Crippen LogP contribution in [-0.2, 0) is 14.3 Å². The van der Waals surface area contributed by atoms with Crippen molar-refractivity contribution in [2.75, 3.05) is 11.9 Å². The summed E-state index contributed by atoms with van der Waals surface area (Å²) < 4.78 is 9.96. The molecule has 8 nitrogen and oxygen atoms in total. The molecule has 130 valence electrons. The first kappa shape index (κ1) is 17.8. The van der Waals surface area contributed by atoms with E-state index in [0.717, 1.165) is 6.07 Å². The van der Waals surface area contributed by atoms with Crippen LogP contribution in [0, 0.1) is 0 Å². The van der Waals surface area contributed by atoms with Crippen molar-refractivity contribution < 1.29 is 34.1 Å². The van der Waals surface area contributed by atoms with E-state index in [1.807, 2.05) is 0 Å². The quantitative estimate of drug-likeness (QED) is 0.561. The van der Waals surface area contributed by atoms with Crippen LogP contribution in [0.15, 0.2) is 42.5 Å². The lowest BCUT2D eigenvalue weighted by Crippen LogP contribution is -2.24. The van der Waals surface area contributed by atoms with E-state index in [1.165, 1.54) is 24.3 Å². The van der Waals surface area contributed by atoms with Crippen LogP contribution in [0.25, 0.3) is 0 Å². The monoisotopic (exact) mass is 345 g/mol. The Balaban J connectivity index is 2.16. The zero-order chi connectivity index (χ0) is 18.4. The van der Waals surface area contributed by atoms with Crippen molar-refractivity contribution in [1.29, 1.82) is 0 Å². The summed E-state index contributed by atoms with van der Waals surface area (Å²) >= 11 is 0. The second-order valence-electron chi connectivity index (χ2n) is 4.76. The summed E-state index contributed by atoms with van der Waals surface area (Å²) in [5, 5.41) is 21.4. The van der Waals surface area contributed by atoms with Gasteiger partial charge in [-0.3, -0.25) is 4.79 Å². The molecule has 3 N–H and O–H groups in total. The summed E-state index contributed by atoms with van der Waals surface area (Å²) in [4.78, 5) is 34.0. The van der Waals surface area contributed by atoms with E-state index in [4.69, 9.17) is 9.84 Å². The third-order valence-corrected chi connectivity index (χ3v) is 3.02. The Morgan fingerprint density at radius 3 is 2.44 bits per heavy atom. The molecule has 0 atom stereocenters. The lowest BCUT2D eigenvalue weighted by atomic mass is 10.2. The molecular weight excluding hydrogens is 330 g/mol. The van der Waals surface area contributed by atoms with Crippen LogP contribution < -0.4 is 10.1 Å². The highest BCUT2D eigenvalue weighted by atomic mass is 16.5. The average Bonchev–Trinajstić information content (AvgIpc) is 2.57. The van der Waals surface area contributed by atoms with Gasteiger partial charge in [0.2, 0.25) is 0 Å². The number of carboxylic acid groups (broad SMARTS) is 1. The van der Waals surface area contributed by atoms with Crippen LogP contribution in [0.4, 0.5) is 5.69 Å². The van der Waals surface area contributed by atoms with Gasteiger partial charge in [-0.05, 0) is 31.2 Å². The summed E-state index contributed by atoms with van der Waals surface area (Å²) in [5.41, 5.74) is 0.0796. The van der Waals surface area contributed by atoms with Crippen LogP contribution in [0.2, 0.25) is 0 Å². The maximum absolute atomic E-state index is 11.5. The number of carbonyl (C=O) groups is 3. The van der Waals surface area contributed by atoms with Gasteiger partial charge in [-0.15, -0.1) is 0 Å². The van der Waals surface area contributed by atoms with Gasteiger partial charge in [-0.25, -0.2) is 9.59 Å². The third kappa shape index (κ3) is 4.47. The zero-order valence-corrected chi connectivity index (χ0v) is 13.2. The Bertz CT molecular complexity index is 816. The average molecular weight is 345 g/mol. The molecular formula is C17H15NO7. The van der Waals surface area contributed by atoms with Gasteiger partial charge in [0.05, 0.1) is 6.61 Å². The van der Waals surface area contributed by atoms with Gasteiger partial charge in [-0.1, -0.05) is 12.1 Å². The summed E-state index contributed by atoms with van der Waals surface area (Å²) in [6.07, 6.45) is 0. The van der Waals surface area contributed by atoms with Gasteiger partial charge >= 0.3 is 17.8 Å². The number of ether oxygens (including phenoxy) is 2. The molecule has 0 aliphatic rings. The fourth-order valence-corrected chi connectivity index (χ4v) is 1.91. The smallest absolute Gasteiger partial charge is 0.397 e. The van der Waals surface area contributed by atoms with Gasteiger partial charge < -0.3 is 25.0 Å². The van der Waals surface area contributed by atoms with E-state index in [0.29, 0.717) is 0 Å². The van der Waals surface area contributed by atoms with Crippen molar-refractivity contribution in [3.8, 4) is 17.2 Å². The second-order valence-corrected chi connectivity index (χ2v) is 4.76. The topological polar surface area (TPSA) is 122 Å². The molecule has 2 aromatic rings. The molecule has 0 aliphatic carbocycles. The maximum atomic E-state index is 11.5. The van der Waals surface area contributed by atoms with Crippen LogP contribution >= 0.6 is 0 Å². The highest BCUT2D eigenvalue weighted by Crippen LogP contribution is 2.34. The molecule has 0 spiro atoms. The third-order valence-electron chi connectivity index (χ3n) is 3.02. The Kier molecular flexibility index (Phi) is 5.57. The van der Waals surface area contributed by atoms with E-state index < -0.39 is 17.8 Å². The first-order chi connectivity index (χ1) is 11.9. The van der Waals surface area contributed by atoms with E-state index >= 15 is 0 Å². The number of carbonyl (C=O) groups excluding carboxylic acids is 2. The highest BCUT2D eigenvalue weighted by molar-refractivity contribution is 6.37. The normalized spacial score (nSPS) is 9.96. The number of amides is 1. The lowest BCUT2D eigenvalue weighted by Gasteiger charge is -2.11. The van der Waals surface area contributed by atoms with Crippen molar-refractivity contribution in [1.82, 2.24) is 0 Å². The predicted octanol–water partition coefficient (Wildman–Crippen LogP) is 2.38. The summed E-state index contributed by atoms with van der Waals surface area (Å²) in [6, 6.07) is 9.82. The van der Waals surface area contributed by atoms with Crippen molar-refractivity contribution in [3.05, 3.63) is 48.0 Å². The lowest BCUT2D eigenvalue weighted by molar-refractivity contribution is -0.152. The Hall–Kier alpha value is -3.55. The highest BCUT2D eigenvalue weighted by Gasteiger charge is 2.17. The molecule has 8 heteroatoms. The van der Waals surface area contributed by atoms with Crippen molar-refractivity contribution in [3.63, 3.8) is 0 Å². The molecule has 0 radical (unpaired) electrons. The van der Waals surface area contributed by atoms with E-state index in [-0.39, 0.29) is 35.1 Å². The standard InChI is InChI=1S/C17H15NO7/c1-2-24-17(23)15(20)18-10-7-8-14(12(19)9-10)25-13-6-4-3-5-11(13)16(21)22/h3-9,19H,2H2,1H3,(H,18,20)(H,21,22). The number of hydrogen-bond acceptors (Lipinski definition) is 6. The van der Waals surface area contributed by atoms with E-state index in [1.54, 1.807) is 19.1 Å². The van der Waals surface area contributed by atoms with Gasteiger partial charge in [0.1, 0.15) is 11.3 Å². The Morgan fingerprint density at radius 2 is 1.80 bits per heavy atom. The van der Waals surface area contributed by atoms with Crippen LogP contribution in [0.3, 0.4) is 0 Å². The molecule has 2 aromatic carbocycles. The Morgan fingerprint density at radius 1 is 1.08 bits per heavy atom. The number of phenolic OH excluding ortho intramolecular Hbond substituents is 1. The number of aromatic hydroxyl groups is 1. The number of hydrogen-bond donors (Lipinski definition) is 3. The van der Waals surface area contributed by atoms with E-state index in [2.05, 4.69) is 10.1 Å². The number of benzene rings is 2. The fourth-order valence-electron chi connectivity index (χ4n) is 1.91. The fraction of sp³-hybridized carbons (Fsp3) is 0.118. The van der Waals surface area contributed by atoms with Crippen LogP contribution in [-0.4, -0.2) is 34.7 Å². The minimum absolute atomic E-state index is 0.0113. The van der Waals surface area contributed by atoms with E-state index in [9.17, 15) is 19.5 Å². The molecule has 0 bridgehead atoms. The summed E-state index contributed by atoms with van der Waals surface area (Å²) in [7, 11) is 0. The molecule has 0 unspecified atom stereocenters. The molecule has 2 rings (SSSR count). The molecule has 0 aliphatic heterocycles. The largest absolute Gasteiger partial charge is 0.504 e. The molecule has 0 fully saturated rings. The van der Waals surface area contributed by atoms with Crippen LogP contribution in [0.1, 0.15) is 17.3 Å². The molecule has 25 heavy (non-hydrogen) atoms. The van der Waals surface area contributed by atoms with Gasteiger partial charge in [0, 0.05) is 11.8 Å². The number of para-hydroxylation sites is 1. The minimum atomic E-state index is -1.17. The number of phenols is 1. The molecule has 1 amide bonds. The van der Waals surface area contributed by atoms with Crippen LogP contribution in [0.5, 0.6) is 17.2 Å². The molecule has 0 aromatic heterocycles. The van der Waals surface area contributed by atoms with Gasteiger partial charge in [-0.2, -0.15) is 0 Å². The maximum Gasteiger partial charge on any atom is 0.397 e. The number of nitrogens with one attached hydrogen (secondary N) is 1. The van der Waals surface area contributed by atoms with Crippen molar-refractivity contribution >= 4 is 23.5 Å². The number of anilines is 1. The SMILES string of the molecule is CCOC(=O)C(=O)Nc1ccc(Oc2ccccc2C(=O)O)c(O)c1. The number of carboxylic acids is 1.